The summed E-state index contributed by atoms with van der Waals surface area (Å²) in [6, 6.07) is 3.87. The molecular formula is C18H21BrN6O. The van der Waals surface area contributed by atoms with Gasteiger partial charge in [-0.05, 0) is 77.3 Å². The third-order valence-corrected chi connectivity index (χ3v) is 6.48. The highest BCUT2D eigenvalue weighted by atomic mass is 79.9. The van der Waals surface area contributed by atoms with Crippen molar-refractivity contribution in [3.63, 3.8) is 0 Å². The van der Waals surface area contributed by atoms with Gasteiger partial charge in [-0.15, -0.1) is 0 Å². The quantitative estimate of drug-likeness (QED) is 0.794. The monoisotopic (exact) mass is 416 g/mol. The molecule has 0 radical (unpaired) electrons. The van der Waals surface area contributed by atoms with Crippen LogP contribution in [0.25, 0.3) is 11.3 Å². The van der Waals surface area contributed by atoms with Crippen molar-refractivity contribution < 1.29 is 4.84 Å². The Bertz CT molecular complexity index is 798. The highest BCUT2D eigenvalue weighted by Gasteiger charge is 2.53. The molecule has 3 saturated carbocycles. The average molecular weight is 417 g/mol. The predicted octanol–water partition coefficient (Wildman–Crippen LogP) is 3.33. The van der Waals surface area contributed by atoms with Crippen molar-refractivity contribution in [1.29, 1.82) is 0 Å². The van der Waals surface area contributed by atoms with E-state index in [1.165, 1.54) is 25.7 Å². The molecule has 2 aromatic rings. The molecule has 1 atom stereocenters. The van der Waals surface area contributed by atoms with E-state index in [1.807, 2.05) is 12.1 Å². The molecule has 3 aliphatic carbocycles. The maximum Gasteiger partial charge on any atom is 0.241 e. The van der Waals surface area contributed by atoms with Gasteiger partial charge in [-0.1, -0.05) is 0 Å². The van der Waals surface area contributed by atoms with E-state index in [9.17, 15) is 0 Å². The zero-order chi connectivity index (χ0) is 17.6. The van der Waals surface area contributed by atoms with Crippen LogP contribution in [0.15, 0.2) is 35.2 Å². The number of aromatic nitrogens is 3. The van der Waals surface area contributed by atoms with Crippen LogP contribution in [0.1, 0.15) is 32.1 Å². The molecule has 1 saturated heterocycles. The smallest absolute Gasteiger partial charge is 0.241 e. The van der Waals surface area contributed by atoms with E-state index < -0.39 is 0 Å². The zero-order valence-corrected chi connectivity index (χ0v) is 15.9. The third kappa shape index (κ3) is 2.90. The van der Waals surface area contributed by atoms with Gasteiger partial charge in [0, 0.05) is 30.7 Å². The van der Waals surface area contributed by atoms with E-state index in [4.69, 9.17) is 4.84 Å². The standard InChI is InChI=1S/C18H21BrN6O/c19-15-10-21-17(23-16(15)13-2-1-7-20-9-13)24-25-22-11-18(26-25)8-12-3-5-14(18)6-4-12/h1-2,7,9-10,12,14,22H,3-6,8,11H2,(H,21,23,24)/t12?,14?,18-/m0/s1. The van der Waals surface area contributed by atoms with Crippen LogP contribution >= 0.6 is 15.9 Å². The Morgan fingerprint density at radius 3 is 2.88 bits per heavy atom. The number of hydrogen-bond acceptors (Lipinski definition) is 7. The summed E-state index contributed by atoms with van der Waals surface area (Å²) in [6.07, 6.45) is 11.7. The summed E-state index contributed by atoms with van der Waals surface area (Å²) >= 11 is 3.52. The normalized spacial score (nSPS) is 30.8. The molecule has 26 heavy (non-hydrogen) atoms. The summed E-state index contributed by atoms with van der Waals surface area (Å²) in [7, 11) is 0. The SMILES string of the molecule is Brc1cnc(NN2NC[C@]3(CC4CCC3CC4)O2)nc1-c1cccnc1. The summed E-state index contributed by atoms with van der Waals surface area (Å²) in [5.41, 5.74) is 8.12. The largest absolute Gasteiger partial charge is 0.264 e. The molecule has 4 aliphatic rings. The Morgan fingerprint density at radius 1 is 1.27 bits per heavy atom. The van der Waals surface area contributed by atoms with E-state index in [0.29, 0.717) is 11.9 Å². The molecule has 136 valence electrons. The lowest BCUT2D eigenvalue weighted by molar-refractivity contribution is -0.235. The van der Waals surface area contributed by atoms with E-state index in [0.717, 1.165) is 34.6 Å². The van der Waals surface area contributed by atoms with Gasteiger partial charge in [0.15, 0.2) is 0 Å². The van der Waals surface area contributed by atoms with Crippen molar-refractivity contribution in [2.45, 2.75) is 37.7 Å². The fourth-order valence-electron chi connectivity index (χ4n) is 4.61. The summed E-state index contributed by atoms with van der Waals surface area (Å²) in [5, 5.41) is 1.59. The second-order valence-corrected chi connectivity index (χ2v) is 8.31. The van der Waals surface area contributed by atoms with Crippen LogP contribution in [0.3, 0.4) is 0 Å². The topological polar surface area (TPSA) is 75.2 Å². The summed E-state index contributed by atoms with van der Waals surface area (Å²) in [4.78, 5) is 19.5. The highest BCUT2D eigenvalue weighted by Crippen LogP contribution is 2.50. The number of rotatable bonds is 3. The number of hydrogen-bond donors (Lipinski definition) is 2. The first kappa shape index (κ1) is 16.6. The molecule has 0 unspecified atom stereocenters. The molecular weight excluding hydrogens is 396 g/mol. The van der Waals surface area contributed by atoms with E-state index in [1.54, 1.807) is 23.9 Å². The molecule has 2 N–H and O–H groups in total. The van der Waals surface area contributed by atoms with Crippen LogP contribution in [0.4, 0.5) is 5.95 Å². The number of pyridine rings is 1. The van der Waals surface area contributed by atoms with Crippen LogP contribution in [0.5, 0.6) is 0 Å². The highest BCUT2D eigenvalue weighted by molar-refractivity contribution is 9.10. The van der Waals surface area contributed by atoms with Crippen molar-refractivity contribution in [2.24, 2.45) is 11.8 Å². The molecule has 0 amide bonds. The first-order valence-electron chi connectivity index (χ1n) is 9.14. The molecule has 3 heterocycles. The molecule has 2 aromatic heterocycles. The van der Waals surface area contributed by atoms with Crippen LogP contribution in [0, 0.1) is 11.8 Å². The third-order valence-electron chi connectivity index (χ3n) is 5.90. The minimum atomic E-state index is -0.0737. The van der Waals surface area contributed by atoms with E-state index in [2.05, 4.69) is 41.7 Å². The predicted molar refractivity (Wildman–Crippen MR) is 100 cm³/mol. The molecule has 1 aliphatic heterocycles. The van der Waals surface area contributed by atoms with Crippen LogP contribution in [-0.2, 0) is 4.84 Å². The maximum atomic E-state index is 6.31. The molecule has 7 nitrogen and oxygen atoms in total. The molecule has 2 bridgehead atoms. The van der Waals surface area contributed by atoms with E-state index in [-0.39, 0.29) is 5.60 Å². The number of nitrogens with zero attached hydrogens (tertiary/aromatic N) is 4. The van der Waals surface area contributed by atoms with Gasteiger partial charge in [-0.25, -0.2) is 20.8 Å². The first-order valence-corrected chi connectivity index (χ1v) is 9.93. The van der Waals surface area contributed by atoms with Crippen LogP contribution < -0.4 is 10.9 Å². The molecule has 0 aromatic carbocycles. The van der Waals surface area contributed by atoms with E-state index >= 15 is 0 Å². The Labute approximate surface area is 160 Å². The Balaban J connectivity index is 1.33. The van der Waals surface area contributed by atoms with Crippen molar-refractivity contribution in [2.75, 3.05) is 12.0 Å². The number of halogens is 1. The van der Waals surface area contributed by atoms with Gasteiger partial charge in [0.05, 0.1) is 10.2 Å². The number of nitrogens with one attached hydrogen (secondary N) is 2. The van der Waals surface area contributed by atoms with Gasteiger partial charge in [0.1, 0.15) is 5.60 Å². The average Bonchev–Trinajstić information content (AvgIpc) is 3.07. The fourth-order valence-corrected chi connectivity index (χ4v) is 5.03. The van der Waals surface area contributed by atoms with Crippen molar-refractivity contribution >= 4 is 21.9 Å². The van der Waals surface area contributed by atoms with Gasteiger partial charge in [0.25, 0.3) is 0 Å². The molecule has 8 heteroatoms. The van der Waals surface area contributed by atoms with Crippen LogP contribution in [-0.4, -0.2) is 32.4 Å². The Morgan fingerprint density at radius 2 is 2.15 bits per heavy atom. The minimum absolute atomic E-state index is 0.0737. The Kier molecular flexibility index (Phi) is 4.16. The van der Waals surface area contributed by atoms with Crippen molar-refractivity contribution in [1.82, 2.24) is 25.7 Å². The summed E-state index contributed by atoms with van der Waals surface area (Å²) < 4.78 is 0.826. The van der Waals surface area contributed by atoms with Crippen molar-refractivity contribution in [3.05, 3.63) is 35.2 Å². The lowest BCUT2D eigenvalue weighted by atomic mass is 9.62. The first-order chi connectivity index (χ1) is 12.7. The maximum absolute atomic E-state index is 6.31. The molecule has 6 rings (SSSR count). The number of anilines is 1. The van der Waals surface area contributed by atoms with Gasteiger partial charge in [-0.2, -0.15) is 0 Å². The van der Waals surface area contributed by atoms with Crippen LogP contribution in [0.2, 0.25) is 0 Å². The second kappa shape index (κ2) is 6.53. The lowest BCUT2D eigenvalue weighted by Gasteiger charge is -2.47. The summed E-state index contributed by atoms with van der Waals surface area (Å²) in [5.74, 6) is 1.93. The lowest BCUT2D eigenvalue weighted by Crippen LogP contribution is -2.50. The number of hydrazine groups is 2. The van der Waals surface area contributed by atoms with Crippen molar-refractivity contribution in [3.8, 4) is 11.3 Å². The number of fused-ring (bicyclic) bond motifs is 2. The second-order valence-electron chi connectivity index (χ2n) is 7.45. The van der Waals surface area contributed by atoms with Gasteiger partial charge >= 0.3 is 0 Å². The summed E-state index contributed by atoms with van der Waals surface area (Å²) in [6.45, 7) is 0.840. The molecule has 1 spiro atoms. The zero-order valence-electron chi connectivity index (χ0n) is 14.4. The molecule has 4 fully saturated rings. The van der Waals surface area contributed by atoms with Gasteiger partial charge in [0.2, 0.25) is 5.95 Å². The fraction of sp³-hybridized carbons (Fsp3) is 0.500. The van der Waals surface area contributed by atoms with Gasteiger partial charge < -0.3 is 0 Å². The Hall–Kier alpha value is -1.61. The van der Waals surface area contributed by atoms with Gasteiger partial charge in [-0.3, -0.25) is 9.82 Å². The minimum Gasteiger partial charge on any atom is -0.264 e.